The number of aromatic nitrogens is 3. The lowest BCUT2D eigenvalue weighted by molar-refractivity contribution is 0.415. The third-order valence-corrected chi connectivity index (χ3v) is 4.82. The lowest BCUT2D eigenvalue weighted by atomic mass is 10.1. The summed E-state index contributed by atoms with van der Waals surface area (Å²) in [6.45, 7) is 6.33. The number of hydrogen-bond acceptors (Lipinski definition) is 3. The third-order valence-electron chi connectivity index (χ3n) is 3.68. The van der Waals surface area contributed by atoms with E-state index in [0.717, 1.165) is 22.9 Å². The topological polar surface area (TPSA) is 39.9 Å². The number of aryl methyl sites for hydroxylation is 1. The Bertz CT molecular complexity index is 839. The van der Waals surface area contributed by atoms with Crippen LogP contribution in [0.4, 0.5) is 0 Å². The van der Waals surface area contributed by atoms with Gasteiger partial charge in [-0.15, -0.1) is 0 Å². The van der Waals surface area contributed by atoms with Crippen molar-refractivity contribution >= 4 is 33.5 Å². The van der Waals surface area contributed by atoms with Gasteiger partial charge in [0.05, 0.1) is 12.6 Å². The predicted molar refractivity (Wildman–Crippen MR) is 97.0 cm³/mol. The molecule has 0 spiro atoms. The van der Waals surface area contributed by atoms with Crippen molar-refractivity contribution in [2.24, 2.45) is 0 Å². The van der Waals surface area contributed by atoms with E-state index in [1.807, 2.05) is 25.3 Å². The van der Waals surface area contributed by atoms with E-state index >= 15 is 0 Å². The maximum absolute atomic E-state index is 5.37. The van der Waals surface area contributed by atoms with Gasteiger partial charge in [0.2, 0.25) is 0 Å². The molecule has 2 heterocycles. The van der Waals surface area contributed by atoms with E-state index in [0.29, 0.717) is 5.92 Å². The highest BCUT2D eigenvalue weighted by molar-refractivity contribution is 14.1. The molecule has 3 rings (SSSR count). The van der Waals surface area contributed by atoms with Gasteiger partial charge in [0.1, 0.15) is 17.4 Å². The molecule has 0 saturated heterocycles. The number of benzene rings is 1. The molecule has 0 aliphatic carbocycles. The summed E-state index contributed by atoms with van der Waals surface area (Å²) in [6.07, 6.45) is 1.81. The standard InChI is InChI=1S/C17H18IN3O/c1-10(2)17-16(18)13-9-12(22-4)5-6-14(13)21(17)15-7-8-19-11(3)20-15/h5-10H,1-4H3. The van der Waals surface area contributed by atoms with Crippen molar-refractivity contribution in [3.8, 4) is 11.6 Å². The third kappa shape index (κ3) is 2.47. The zero-order chi connectivity index (χ0) is 15.9. The van der Waals surface area contributed by atoms with Crippen LogP contribution in [0.2, 0.25) is 0 Å². The van der Waals surface area contributed by atoms with Crippen molar-refractivity contribution in [3.63, 3.8) is 0 Å². The van der Waals surface area contributed by atoms with Gasteiger partial charge >= 0.3 is 0 Å². The highest BCUT2D eigenvalue weighted by Gasteiger charge is 2.20. The number of ether oxygens (including phenoxy) is 1. The van der Waals surface area contributed by atoms with Crippen LogP contribution in [-0.2, 0) is 0 Å². The number of halogens is 1. The van der Waals surface area contributed by atoms with Crippen LogP contribution >= 0.6 is 22.6 Å². The summed E-state index contributed by atoms with van der Waals surface area (Å²) >= 11 is 2.42. The Balaban J connectivity index is 2.39. The second-order valence-electron chi connectivity index (χ2n) is 5.53. The van der Waals surface area contributed by atoms with Gasteiger partial charge in [0, 0.05) is 20.8 Å². The van der Waals surface area contributed by atoms with Crippen LogP contribution in [0.15, 0.2) is 30.5 Å². The molecule has 0 aliphatic heterocycles. The van der Waals surface area contributed by atoms with Gasteiger partial charge in [-0.25, -0.2) is 9.97 Å². The lowest BCUT2D eigenvalue weighted by Crippen LogP contribution is -2.06. The van der Waals surface area contributed by atoms with E-state index < -0.39 is 0 Å². The van der Waals surface area contributed by atoms with Crippen molar-refractivity contribution in [2.75, 3.05) is 7.11 Å². The summed E-state index contributed by atoms with van der Waals surface area (Å²) in [4.78, 5) is 8.82. The molecule has 3 aromatic rings. The predicted octanol–water partition coefficient (Wildman–Crippen LogP) is 4.47. The molecular weight excluding hydrogens is 389 g/mol. The molecule has 0 bridgehead atoms. The van der Waals surface area contributed by atoms with Crippen LogP contribution in [0.5, 0.6) is 5.75 Å². The Morgan fingerprint density at radius 3 is 2.64 bits per heavy atom. The first-order valence-electron chi connectivity index (χ1n) is 7.20. The molecule has 0 unspecified atom stereocenters. The fraction of sp³-hybridized carbons (Fsp3) is 0.294. The zero-order valence-electron chi connectivity index (χ0n) is 13.1. The summed E-state index contributed by atoms with van der Waals surface area (Å²) in [5.74, 6) is 2.95. The average molecular weight is 407 g/mol. The Labute approximate surface area is 143 Å². The summed E-state index contributed by atoms with van der Waals surface area (Å²) in [6, 6.07) is 8.14. The normalized spacial score (nSPS) is 11.4. The summed E-state index contributed by atoms with van der Waals surface area (Å²) in [5.41, 5.74) is 2.41. The lowest BCUT2D eigenvalue weighted by Gasteiger charge is -2.13. The van der Waals surface area contributed by atoms with E-state index in [-0.39, 0.29) is 0 Å². The second-order valence-corrected chi connectivity index (χ2v) is 6.61. The molecule has 5 heteroatoms. The number of nitrogens with zero attached hydrogens (tertiary/aromatic N) is 3. The maximum atomic E-state index is 5.37. The van der Waals surface area contributed by atoms with Gasteiger partial charge in [0.25, 0.3) is 0 Å². The largest absolute Gasteiger partial charge is 0.497 e. The molecule has 2 aromatic heterocycles. The minimum absolute atomic E-state index is 0.389. The van der Waals surface area contributed by atoms with E-state index in [2.05, 4.69) is 63.1 Å². The van der Waals surface area contributed by atoms with E-state index in [4.69, 9.17) is 4.74 Å². The fourth-order valence-corrected chi connectivity index (χ4v) is 4.00. The van der Waals surface area contributed by atoms with Crippen LogP contribution in [-0.4, -0.2) is 21.6 Å². The summed E-state index contributed by atoms with van der Waals surface area (Å²) < 4.78 is 8.85. The van der Waals surface area contributed by atoms with Crippen molar-refractivity contribution in [3.05, 3.63) is 45.6 Å². The molecule has 0 amide bonds. The second kappa shape index (κ2) is 5.87. The highest BCUT2D eigenvalue weighted by Crippen LogP contribution is 2.36. The van der Waals surface area contributed by atoms with Gasteiger partial charge in [0.15, 0.2) is 0 Å². The molecule has 22 heavy (non-hydrogen) atoms. The van der Waals surface area contributed by atoms with Crippen molar-refractivity contribution in [1.82, 2.24) is 14.5 Å². The molecule has 114 valence electrons. The fourth-order valence-electron chi connectivity index (χ4n) is 2.71. The monoisotopic (exact) mass is 407 g/mol. The van der Waals surface area contributed by atoms with Gasteiger partial charge in [-0.1, -0.05) is 13.8 Å². The highest BCUT2D eigenvalue weighted by atomic mass is 127. The molecule has 1 aromatic carbocycles. The average Bonchev–Trinajstić information content (AvgIpc) is 2.80. The van der Waals surface area contributed by atoms with Crippen LogP contribution in [0, 0.1) is 10.5 Å². The van der Waals surface area contributed by atoms with Gasteiger partial charge in [-0.2, -0.15) is 0 Å². The molecule has 4 nitrogen and oxygen atoms in total. The van der Waals surface area contributed by atoms with Crippen molar-refractivity contribution < 1.29 is 4.74 Å². The first kappa shape index (κ1) is 15.3. The van der Waals surface area contributed by atoms with E-state index in [9.17, 15) is 0 Å². The first-order chi connectivity index (χ1) is 10.5. The smallest absolute Gasteiger partial charge is 0.141 e. The quantitative estimate of drug-likeness (QED) is 0.602. The van der Waals surface area contributed by atoms with E-state index in [1.54, 1.807) is 7.11 Å². The van der Waals surface area contributed by atoms with E-state index in [1.165, 1.54) is 14.7 Å². The molecule has 0 aliphatic rings. The SMILES string of the molecule is COc1ccc2c(c1)c(I)c(C(C)C)n2-c1ccnc(C)n1. The summed E-state index contributed by atoms with van der Waals surface area (Å²) in [5, 5.41) is 1.19. The number of methoxy groups -OCH3 is 1. The van der Waals surface area contributed by atoms with Crippen LogP contribution in [0.3, 0.4) is 0 Å². The number of fused-ring (bicyclic) bond motifs is 1. The number of rotatable bonds is 3. The Morgan fingerprint density at radius 1 is 1.23 bits per heavy atom. The zero-order valence-corrected chi connectivity index (χ0v) is 15.2. The minimum Gasteiger partial charge on any atom is -0.497 e. The molecule has 0 atom stereocenters. The van der Waals surface area contributed by atoms with Crippen LogP contribution in [0.25, 0.3) is 16.7 Å². The van der Waals surface area contributed by atoms with Gasteiger partial charge in [-0.05, 0) is 59.7 Å². The molecule has 0 N–H and O–H groups in total. The molecule has 0 radical (unpaired) electrons. The molecule has 0 fully saturated rings. The van der Waals surface area contributed by atoms with Gasteiger partial charge < -0.3 is 4.74 Å². The van der Waals surface area contributed by atoms with Crippen LogP contribution < -0.4 is 4.74 Å². The van der Waals surface area contributed by atoms with Gasteiger partial charge in [-0.3, -0.25) is 4.57 Å². The molecule has 0 saturated carbocycles. The molecular formula is C17H18IN3O. The summed E-state index contributed by atoms with van der Waals surface area (Å²) in [7, 11) is 1.70. The Hall–Kier alpha value is -1.63. The van der Waals surface area contributed by atoms with Crippen molar-refractivity contribution in [1.29, 1.82) is 0 Å². The number of hydrogen-bond donors (Lipinski definition) is 0. The van der Waals surface area contributed by atoms with Crippen molar-refractivity contribution in [2.45, 2.75) is 26.7 Å². The maximum Gasteiger partial charge on any atom is 0.141 e. The first-order valence-corrected chi connectivity index (χ1v) is 8.28. The Kier molecular flexibility index (Phi) is 4.08. The van der Waals surface area contributed by atoms with Crippen LogP contribution in [0.1, 0.15) is 31.3 Å². The minimum atomic E-state index is 0.389. The Morgan fingerprint density at radius 2 is 2.00 bits per heavy atom.